The Bertz CT molecular complexity index is 1390. The summed E-state index contributed by atoms with van der Waals surface area (Å²) in [6.45, 7) is 1.93. The molecule has 10 heteroatoms. The van der Waals surface area contributed by atoms with Crippen LogP contribution < -0.4 is 0 Å². The highest BCUT2D eigenvalue weighted by Crippen LogP contribution is 2.35. The Kier molecular flexibility index (Phi) is 6.92. The molecular weight excluding hydrogens is 477 g/mol. The summed E-state index contributed by atoms with van der Waals surface area (Å²) < 4.78 is 40.7. The van der Waals surface area contributed by atoms with E-state index < -0.39 is 16.8 Å². The van der Waals surface area contributed by atoms with Gasteiger partial charge in [0.1, 0.15) is 5.69 Å². The predicted molar refractivity (Wildman–Crippen MR) is 128 cm³/mol. The van der Waals surface area contributed by atoms with Crippen LogP contribution in [0.25, 0.3) is 11.3 Å². The molecule has 0 amide bonds. The second kappa shape index (κ2) is 10.1. The fourth-order valence-electron chi connectivity index (χ4n) is 3.09. The molecule has 0 aliphatic carbocycles. The van der Waals surface area contributed by atoms with Gasteiger partial charge in [0.15, 0.2) is 5.16 Å². The highest BCUT2D eigenvalue weighted by atomic mass is 32.2. The molecule has 0 aliphatic heterocycles. The number of aliphatic imine (C=N–C) groups is 1. The average Bonchev–Trinajstić information content (AvgIpc) is 2.84. The van der Waals surface area contributed by atoms with Gasteiger partial charge in [0.25, 0.3) is 5.69 Å². The van der Waals surface area contributed by atoms with Crippen molar-refractivity contribution >= 4 is 29.4 Å². The van der Waals surface area contributed by atoms with Crippen LogP contribution in [0.3, 0.4) is 0 Å². The summed E-state index contributed by atoms with van der Waals surface area (Å²) in [5, 5.41) is 11.2. The Morgan fingerprint density at radius 2 is 1.69 bits per heavy atom. The van der Waals surface area contributed by atoms with Crippen LogP contribution in [0.4, 0.5) is 24.5 Å². The van der Waals surface area contributed by atoms with Gasteiger partial charge in [-0.3, -0.25) is 15.1 Å². The lowest BCUT2D eigenvalue weighted by Gasteiger charge is -2.11. The molecule has 1 heterocycles. The lowest BCUT2D eigenvalue weighted by molar-refractivity contribution is -0.384. The first-order valence-corrected chi connectivity index (χ1v) is 11.1. The second-order valence-electron chi connectivity index (χ2n) is 7.46. The van der Waals surface area contributed by atoms with Crippen molar-refractivity contribution < 1.29 is 18.1 Å². The Hall–Kier alpha value is -4.05. The molecule has 6 nitrogen and oxygen atoms in total. The van der Waals surface area contributed by atoms with Crippen molar-refractivity contribution in [3.8, 4) is 11.3 Å². The molecule has 0 N–H and O–H groups in total. The smallest absolute Gasteiger partial charge is 0.258 e. The van der Waals surface area contributed by atoms with Crippen LogP contribution in [0.5, 0.6) is 0 Å². The van der Waals surface area contributed by atoms with Gasteiger partial charge >= 0.3 is 6.18 Å². The van der Waals surface area contributed by atoms with Gasteiger partial charge in [-0.2, -0.15) is 13.2 Å². The van der Waals surface area contributed by atoms with Crippen LogP contribution >= 0.6 is 11.8 Å². The van der Waals surface area contributed by atoms with E-state index in [1.165, 1.54) is 24.4 Å². The topological polar surface area (TPSA) is 81.3 Å². The molecule has 0 unspecified atom stereocenters. The van der Waals surface area contributed by atoms with Crippen LogP contribution in [0.15, 0.2) is 93.9 Å². The number of nitro benzene ring substituents is 1. The first-order valence-electron chi connectivity index (χ1n) is 10.3. The minimum Gasteiger partial charge on any atom is -0.258 e. The third-order valence-corrected chi connectivity index (χ3v) is 5.81. The Morgan fingerprint density at radius 3 is 2.34 bits per heavy atom. The SMILES string of the molecule is Cc1ccc(N=Cc2cc([N+](=O)[O-])ccc2Sc2nc(-c3ccccc3)cc(C(F)(F)F)n2)cc1. The predicted octanol–water partition coefficient (Wildman–Crippen LogP) is 7.28. The van der Waals surface area contributed by atoms with Gasteiger partial charge in [-0.1, -0.05) is 48.0 Å². The molecule has 35 heavy (non-hydrogen) atoms. The minimum absolute atomic E-state index is 0.118. The van der Waals surface area contributed by atoms with E-state index in [0.717, 1.165) is 23.4 Å². The number of non-ortho nitro benzene ring substituents is 1. The Labute approximate surface area is 202 Å². The molecule has 0 spiro atoms. The van der Waals surface area contributed by atoms with Crippen molar-refractivity contribution in [2.45, 2.75) is 23.2 Å². The number of nitrogens with zero attached hydrogens (tertiary/aromatic N) is 4. The van der Waals surface area contributed by atoms with Crippen molar-refractivity contribution in [2.24, 2.45) is 4.99 Å². The van der Waals surface area contributed by atoms with Gasteiger partial charge in [0.05, 0.1) is 16.3 Å². The molecule has 0 atom stereocenters. The zero-order valence-corrected chi connectivity index (χ0v) is 19.0. The van der Waals surface area contributed by atoms with Crippen molar-refractivity contribution in [3.63, 3.8) is 0 Å². The molecule has 176 valence electrons. The zero-order chi connectivity index (χ0) is 25.0. The van der Waals surface area contributed by atoms with E-state index in [2.05, 4.69) is 15.0 Å². The standard InChI is InChI=1S/C25H17F3N4O2S/c1-16-7-9-19(10-8-16)29-15-18-13-20(32(33)34)11-12-22(18)35-24-30-21(17-5-3-2-4-6-17)14-23(31-24)25(26,27)28/h2-15H,1H3. The molecule has 0 saturated heterocycles. The van der Waals surface area contributed by atoms with E-state index in [0.29, 0.717) is 21.7 Å². The Morgan fingerprint density at radius 1 is 0.971 bits per heavy atom. The lowest BCUT2D eigenvalue weighted by Crippen LogP contribution is -2.10. The first-order chi connectivity index (χ1) is 16.7. The quantitative estimate of drug-likeness (QED) is 0.122. The summed E-state index contributed by atoms with van der Waals surface area (Å²) in [5.74, 6) is 0. The minimum atomic E-state index is -4.67. The summed E-state index contributed by atoms with van der Waals surface area (Å²) in [7, 11) is 0. The van der Waals surface area contributed by atoms with Crippen LogP contribution in [0.2, 0.25) is 0 Å². The lowest BCUT2D eigenvalue weighted by atomic mass is 10.1. The number of aryl methyl sites for hydroxylation is 1. The van der Waals surface area contributed by atoms with Crippen molar-refractivity contribution in [1.82, 2.24) is 9.97 Å². The summed E-state index contributed by atoms with van der Waals surface area (Å²) >= 11 is 0.875. The summed E-state index contributed by atoms with van der Waals surface area (Å²) in [4.78, 5) is 23.5. The van der Waals surface area contributed by atoms with Gasteiger partial charge in [-0.15, -0.1) is 0 Å². The number of rotatable bonds is 6. The van der Waals surface area contributed by atoms with Gasteiger partial charge in [-0.05, 0) is 43.0 Å². The normalized spacial score (nSPS) is 11.7. The molecule has 0 saturated carbocycles. The molecule has 0 radical (unpaired) electrons. The van der Waals surface area contributed by atoms with Crippen molar-refractivity contribution in [3.05, 3.63) is 106 Å². The zero-order valence-electron chi connectivity index (χ0n) is 18.2. The maximum Gasteiger partial charge on any atom is 0.433 e. The van der Waals surface area contributed by atoms with E-state index in [-0.39, 0.29) is 16.5 Å². The number of hydrogen-bond acceptors (Lipinski definition) is 6. The third kappa shape index (κ3) is 6.10. The molecule has 4 rings (SSSR count). The molecule has 0 fully saturated rings. The van der Waals surface area contributed by atoms with Crippen molar-refractivity contribution in [2.75, 3.05) is 0 Å². The largest absolute Gasteiger partial charge is 0.433 e. The second-order valence-corrected chi connectivity index (χ2v) is 8.47. The molecular formula is C25H17F3N4O2S. The highest BCUT2D eigenvalue weighted by Gasteiger charge is 2.34. The van der Waals surface area contributed by atoms with E-state index in [4.69, 9.17) is 0 Å². The van der Waals surface area contributed by atoms with Crippen molar-refractivity contribution in [1.29, 1.82) is 0 Å². The number of nitro groups is 1. The van der Waals surface area contributed by atoms with Gasteiger partial charge in [0, 0.05) is 34.4 Å². The fraction of sp³-hybridized carbons (Fsp3) is 0.0800. The maximum absolute atomic E-state index is 13.6. The number of benzene rings is 3. The number of halogens is 3. The summed E-state index contributed by atoms with van der Waals surface area (Å²) in [5.41, 5.74) is 1.40. The van der Waals surface area contributed by atoms with Gasteiger partial charge < -0.3 is 0 Å². The molecule has 0 aliphatic rings. The Balaban J connectivity index is 1.76. The van der Waals surface area contributed by atoms with E-state index in [1.807, 2.05) is 19.1 Å². The average molecular weight is 494 g/mol. The van der Waals surface area contributed by atoms with Crippen LogP contribution in [-0.2, 0) is 6.18 Å². The van der Waals surface area contributed by atoms with E-state index in [1.54, 1.807) is 42.5 Å². The molecule has 3 aromatic carbocycles. The number of alkyl halides is 3. The van der Waals surface area contributed by atoms with Gasteiger partial charge in [0.2, 0.25) is 0 Å². The number of hydrogen-bond donors (Lipinski definition) is 0. The summed E-state index contributed by atoms with van der Waals surface area (Å²) in [6.07, 6.45) is -3.24. The fourth-order valence-corrected chi connectivity index (χ4v) is 3.94. The monoisotopic (exact) mass is 494 g/mol. The summed E-state index contributed by atoms with van der Waals surface area (Å²) in [6, 6.07) is 20.7. The van der Waals surface area contributed by atoms with Crippen LogP contribution in [0, 0.1) is 17.0 Å². The van der Waals surface area contributed by atoms with E-state index >= 15 is 0 Å². The van der Waals surface area contributed by atoms with Crippen LogP contribution in [-0.4, -0.2) is 21.1 Å². The molecule has 4 aromatic rings. The number of aromatic nitrogens is 2. The van der Waals surface area contributed by atoms with Crippen LogP contribution in [0.1, 0.15) is 16.8 Å². The molecule has 0 bridgehead atoms. The van der Waals surface area contributed by atoms with E-state index in [9.17, 15) is 23.3 Å². The van der Waals surface area contributed by atoms with Gasteiger partial charge in [-0.25, -0.2) is 9.97 Å². The maximum atomic E-state index is 13.6. The highest BCUT2D eigenvalue weighted by molar-refractivity contribution is 7.99. The first kappa shape index (κ1) is 24.1. The third-order valence-electron chi connectivity index (χ3n) is 4.86. The molecule has 1 aromatic heterocycles.